The second-order valence-corrected chi connectivity index (χ2v) is 3.95. The summed E-state index contributed by atoms with van der Waals surface area (Å²) in [5, 5.41) is 0. The molecule has 3 amide bonds. The largest absolute Gasteiger partial charge is 0.471 e. The maximum absolute atomic E-state index is 12.1. The molecule has 0 saturated carbocycles. The van der Waals surface area contributed by atoms with Crippen molar-refractivity contribution in [3.8, 4) is 0 Å². The Balaban J connectivity index is 2.52. The molecular formula is C9H14F3N3O2. The molecule has 0 aromatic rings. The maximum Gasteiger partial charge on any atom is 0.471 e. The smallest absolute Gasteiger partial charge is 0.331 e. The highest BCUT2D eigenvalue weighted by Crippen LogP contribution is 2.19. The van der Waals surface area contributed by atoms with E-state index in [1.165, 1.54) is 9.80 Å². The fourth-order valence-corrected chi connectivity index (χ4v) is 1.56. The van der Waals surface area contributed by atoms with Gasteiger partial charge >= 0.3 is 18.1 Å². The molecule has 0 atom stereocenters. The van der Waals surface area contributed by atoms with Crippen molar-refractivity contribution in [1.29, 1.82) is 0 Å². The van der Waals surface area contributed by atoms with Crippen LogP contribution in [-0.2, 0) is 4.79 Å². The van der Waals surface area contributed by atoms with Gasteiger partial charge < -0.3 is 14.7 Å². The molecule has 0 unspecified atom stereocenters. The van der Waals surface area contributed by atoms with Crippen LogP contribution >= 0.6 is 0 Å². The Morgan fingerprint density at radius 2 is 1.41 bits per heavy atom. The Morgan fingerprint density at radius 1 is 1.00 bits per heavy atom. The number of rotatable bonds is 0. The Hall–Kier alpha value is -1.47. The van der Waals surface area contributed by atoms with Crippen molar-refractivity contribution >= 4 is 11.9 Å². The van der Waals surface area contributed by atoms with Crippen molar-refractivity contribution in [2.24, 2.45) is 0 Å². The second-order valence-electron chi connectivity index (χ2n) is 3.95. The molecule has 0 aliphatic carbocycles. The molecule has 17 heavy (non-hydrogen) atoms. The molecule has 8 heteroatoms. The molecule has 98 valence electrons. The van der Waals surface area contributed by atoms with Crippen LogP contribution in [0.1, 0.15) is 0 Å². The van der Waals surface area contributed by atoms with Gasteiger partial charge in [-0.2, -0.15) is 13.2 Å². The third-order valence-electron chi connectivity index (χ3n) is 2.46. The van der Waals surface area contributed by atoms with Gasteiger partial charge in [-0.25, -0.2) is 4.79 Å². The number of alkyl halides is 3. The van der Waals surface area contributed by atoms with E-state index < -0.39 is 12.1 Å². The van der Waals surface area contributed by atoms with Crippen LogP contribution in [0.25, 0.3) is 0 Å². The lowest BCUT2D eigenvalue weighted by Gasteiger charge is -2.36. The minimum atomic E-state index is -4.84. The third-order valence-corrected chi connectivity index (χ3v) is 2.46. The Morgan fingerprint density at radius 3 is 1.76 bits per heavy atom. The van der Waals surface area contributed by atoms with E-state index in [4.69, 9.17) is 0 Å². The van der Waals surface area contributed by atoms with Crippen LogP contribution in [-0.4, -0.2) is 73.1 Å². The molecule has 1 heterocycles. The number of carbonyl (C=O) groups excluding carboxylic acids is 2. The first-order valence-corrected chi connectivity index (χ1v) is 5.06. The fraction of sp³-hybridized carbons (Fsp3) is 0.778. The van der Waals surface area contributed by atoms with Crippen LogP contribution in [0.5, 0.6) is 0 Å². The first-order chi connectivity index (χ1) is 7.73. The highest BCUT2D eigenvalue weighted by molar-refractivity contribution is 5.82. The zero-order valence-electron chi connectivity index (χ0n) is 9.62. The van der Waals surface area contributed by atoms with E-state index in [-0.39, 0.29) is 32.2 Å². The maximum atomic E-state index is 12.1. The highest BCUT2D eigenvalue weighted by Gasteiger charge is 2.43. The minimum absolute atomic E-state index is 0.0854. The van der Waals surface area contributed by atoms with E-state index in [0.717, 1.165) is 4.90 Å². The lowest BCUT2D eigenvalue weighted by Crippen LogP contribution is -2.55. The lowest BCUT2D eigenvalue weighted by molar-refractivity contribution is -0.186. The van der Waals surface area contributed by atoms with Crippen LogP contribution in [0.15, 0.2) is 0 Å². The average molecular weight is 253 g/mol. The summed E-state index contributed by atoms with van der Waals surface area (Å²) < 4.78 is 36.4. The van der Waals surface area contributed by atoms with Gasteiger partial charge in [0.25, 0.3) is 0 Å². The van der Waals surface area contributed by atoms with Gasteiger partial charge in [-0.05, 0) is 0 Å². The van der Waals surface area contributed by atoms with Gasteiger partial charge in [0, 0.05) is 40.3 Å². The lowest BCUT2D eigenvalue weighted by atomic mass is 10.3. The van der Waals surface area contributed by atoms with Crippen molar-refractivity contribution in [2.75, 3.05) is 40.3 Å². The normalized spacial score (nSPS) is 17.0. The molecule has 1 saturated heterocycles. The highest BCUT2D eigenvalue weighted by atomic mass is 19.4. The minimum Gasteiger partial charge on any atom is -0.331 e. The summed E-state index contributed by atoms with van der Waals surface area (Å²) in [5.74, 6) is -1.84. The molecule has 1 aliphatic rings. The number of halogens is 3. The van der Waals surface area contributed by atoms with Gasteiger partial charge in [0.1, 0.15) is 0 Å². The summed E-state index contributed by atoms with van der Waals surface area (Å²) in [4.78, 5) is 25.9. The molecular weight excluding hydrogens is 239 g/mol. The average Bonchev–Trinajstić information content (AvgIpc) is 2.26. The van der Waals surface area contributed by atoms with Crippen LogP contribution in [0.2, 0.25) is 0 Å². The predicted octanol–water partition coefficient (Wildman–Crippen LogP) is 0.375. The van der Waals surface area contributed by atoms with Crippen LogP contribution in [0.4, 0.5) is 18.0 Å². The van der Waals surface area contributed by atoms with Gasteiger partial charge in [-0.1, -0.05) is 0 Å². The predicted molar refractivity (Wildman–Crippen MR) is 53.3 cm³/mol. The van der Waals surface area contributed by atoms with E-state index >= 15 is 0 Å². The zero-order valence-corrected chi connectivity index (χ0v) is 9.62. The van der Waals surface area contributed by atoms with E-state index in [2.05, 4.69) is 0 Å². The molecule has 0 spiro atoms. The van der Waals surface area contributed by atoms with Crippen LogP contribution in [0.3, 0.4) is 0 Å². The van der Waals surface area contributed by atoms with Gasteiger partial charge in [0.05, 0.1) is 0 Å². The molecule has 5 nitrogen and oxygen atoms in total. The monoisotopic (exact) mass is 253 g/mol. The van der Waals surface area contributed by atoms with Crippen LogP contribution < -0.4 is 0 Å². The SMILES string of the molecule is CN(C)C(=O)N1CCN(C(=O)C(F)(F)F)CC1. The molecule has 0 aromatic heterocycles. The van der Waals surface area contributed by atoms with Crippen LogP contribution in [0, 0.1) is 0 Å². The quantitative estimate of drug-likeness (QED) is 0.626. The number of urea groups is 1. The third kappa shape index (κ3) is 3.24. The summed E-state index contributed by atoms with van der Waals surface area (Å²) in [7, 11) is 3.13. The van der Waals surface area contributed by atoms with E-state index in [1.54, 1.807) is 14.1 Å². The van der Waals surface area contributed by atoms with E-state index in [0.29, 0.717) is 0 Å². The Kier molecular flexibility index (Phi) is 3.84. The molecule has 0 bridgehead atoms. The second kappa shape index (κ2) is 4.80. The summed E-state index contributed by atoms with van der Waals surface area (Å²) in [6.45, 7) is 0.0769. The van der Waals surface area contributed by atoms with Gasteiger partial charge in [-0.15, -0.1) is 0 Å². The van der Waals surface area contributed by atoms with E-state index in [1.807, 2.05) is 0 Å². The number of piperazine rings is 1. The zero-order chi connectivity index (χ0) is 13.2. The summed E-state index contributed by atoms with van der Waals surface area (Å²) in [6, 6.07) is -0.260. The van der Waals surface area contributed by atoms with Crippen molar-refractivity contribution in [2.45, 2.75) is 6.18 Å². The topological polar surface area (TPSA) is 43.9 Å². The number of hydrogen-bond donors (Lipinski definition) is 0. The molecule has 1 aliphatic heterocycles. The van der Waals surface area contributed by atoms with Crippen molar-refractivity contribution in [3.05, 3.63) is 0 Å². The number of amides is 3. The molecule has 0 aromatic carbocycles. The molecule has 1 fully saturated rings. The van der Waals surface area contributed by atoms with Gasteiger partial charge in [0.15, 0.2) is 0 Å². The number of nitrogens with zero attached hydrogens (tertiary/aromatic N) is 3. The Bertz CT molecular complexity index is 309. The fourth-order valence-electron chi connectivity index (χ4n) is 1.56. The summed E-state index contributed by atoms with van der Waals surface area (Å²) in [6.07, 6.45) is -4.84. The van der Waals surface area contributed by atoms with E-state index in [9.17, 15) is 22.8 Å². The standard InChI is InChI=1S/C9H14F3N3O2/c1-13(2)8(17)15-5-3-14(4-6-15)7(16)9(10,11)12/h3-6H2,1-2H3. The number of hydrogen-bond acceptors (Lipinski definition) is 2. The van der Waals surface area contributed by atoms with Crippen molar-refractivity contribution < 1.29 is 22.8 Å². The molecule has 0 N–H and O–H groups in total. The first-order valence-electron chi connectivity index (χ1n) is 5.06. The summed E-state index contributed by atoms with van der Waals surface area (Å²) >= 11 is 0. The molecule has 0 radical (unpaired) electrons. The van der Waals surface area contributed by atoms with Gasteiger partial charge in [-0.3, -0.25) is 4.79 Å². The van der Waals surface area contributed by atoms with Crippen molar-refractivity contribution in [3.63, 3.8) is 0 Å². The number of carbonyl (C=O) groups is 2. The molecule has 1 rings (SSSR count). The van der Waals surface area contributed by atoms with Crippen molar-refractivity contribution in [1.82, 2.24) is 14.7 Å². The van der Waals surface area contributed by atoms with Gasteiger partial charge in [0.2, 0.25) is 0 Å². The first kappa shape index (κ1) is 13.6. The summed E-state index contributed by atoms with van der Waals surface area (Å²) in [5.41, 5.74) is 0. The Labute approximate surface area is 96.8 Å².